The largest absolute Gasteiger partial charge is 0.394 e. The molecule has 5 rings (SSSR count). The number of methoxy groups -OCH3 is 1. The van der Waals surface area contributed by atoms with Crippen molar-refractivity contribution in [3.63, 3.8) is 0 Å². The van der Waals surface area contributed by atoms with Gasteiger partial charge in [0, 0.05) is 31.7 Å². The number of benzene rings is 1. The SMILES string of the molecule is CO[C@@H]1[C@@H](n2cc(-c3ccc(F)c(F)c3F)nn2)[C@@H](O)[C@@H](CO)O[C@@H]1Cc1cc(C2(C)CNC2=O)no1. The number of amides is 1. The van der Waals surface area contributed by atoms with E-state index in [4.69, 9.17) is 14.0 Å². The van der Waals surface area contributed by atoms with E-state index in [1.54, 1.807) is 13.0 Å². The zero-order valence-corrected chi connectivity index (χ0v) is 19.8. The van der Waals surface area contributed by atoms with Crippen LogP contribution in [0, 0.1) is 17.5 Å². The van der Waals surface area contributed by atoms with Crippen LogP contribution in [-0.2, 0) is 26.1 Å². The Balaban J connectivity index is 1.43. The lowest BCUT2D eigenvalue weighted by atomic mass is 9.79. The lowest BCUT2D eigenvalue weighted by molar-refractivity contribution is -0.212. The summed E-state index contributed by atoms with van der Waals surface area (Å²) in [6, 6.07) is 2.47. The standard InChI is InChI=1S/C23H24F3N5O6/c1-23(9-27-22(23)34)16-6-10(37-29-16)5-14-21(35-2)19(20(33)15(8-32)36-14)31-7-13(28-30-31)11-3-4-12(24)18(26)17(11)25/h3-4,6-7,14-15,19-21,32-33H,5,8-9H2,1-2H3,(H,27,34)/t14-,15-,19+,20+,21+,23?/m1/s1. The molecule has 2 aromatic heterocycles. The quantitative estimate of drug-likeness (QED) is 0.300. The van der Waals surface area contributed by atoms with Gasteiger partial charge in [-0.05, 0) is 19.1 Å². The molecule has 3 N–H and O–H groups in total. The first-order chi connectivity index (χ1) is 17.7. The van der Waals surface area contributed by atoms with Gasteiger partial charge < -0.3 is 29.5 Å². The second-order valence-corrected chi connectivity index (χ2v) is 9.28. The summed E-state index contributed by atoms with van der Waals surface area (Å²) in [6.07, 6.45) is -2.63. The first kappa shape index (κ1) is 25.3. The summed E-state index contributed by atoms with van der Waals surface area (Å²) in [5.41, 5.74) is -0.762. The van der Waals surface area contributed by atoms with Crippen molar-refractivity contribution in [1.82, 2.24) is 25.5 Å². The molecule has 0 saturated carbocycles. The van der Waals surface area contributed by atoms with E-state index in [0.717, 1.165) is 12.1 Å². The number of aromatic nitrogens is 4. The third-order valence-corrected chi connectivity index (χ3v) is 6.99. The Labute approximate surface area is 208 Å². The normalized spacial score (nSPS) is 29.7. The summed E-state index contributed by atoms with van der Waals surface area (Å²) in [5, 5.41) is 35.3. The molecule has 0 aliphatic carbocycles. The summed E-state index contributed by atoms with van der Waals surface area (Å²) in [4.78, 5) is 12.0. The lowest BCUT2D eigenvalue weighted by Crippen LogP contribution is -2.60. The van der Waals surface area contributed by atoms with Crippen LogP contribution < -0.4 is 5.32 Å². The number of nitrogens with one attached hydrogen (secondary N) is 1. The van der Waals surface area contributed by atoms with Crippen LogP contribution in [0.25, 0.3) is 11.3 Å². The maximum Gasteiger partial charge on any atom is 0.233 e. The van der Waals surface area contributed by atoms with Gasteiger partial charge in [-0.15, -0.1) is 5.10 Å². The van der Waals surface area contributed by atoms with Gasteiger partial charge in [0.1, 0.15) is 46.9 Å². The van der Waals surface area contributed by atoms with Crippen molar-refractivity contribution in [2.45, 2.75) is 49.2 Å². The van der Waals surface area contributed by atoms with E-state index in [1.807, 2.05) is 0 Å². The highest BCUT2D eigenvalue weighted by Gasteiger charge is 2.49. The summed E-state index contributed by atoms with van der Waals surface area (Å²) in [5.74, 6) is -4.20. The fraction of sp³-hybridized carbons (Fsp3) is 0.478. The van der Waals surface area contributed by atoms with Crippen LogP contribution in [0.2, 0.25) is 0 Å². The van der Waals surface area contributed by atoms with Crippen LogP contribution in [0.4, 0.5) is 13.2 Å². The van der Waals surface area contributed by atoms with Gasteiger partial charge in [0.15, 0.2) is 17.5 Å². The van der Waals surface area contributed by atoms with Crippen molar-refractivity contribution in [2.75, 3.05) is 20.3 Å². The molecule has 2 aliphatic heterocycles. The molecule has 6 atom stereocenters. The zero-order chi connectivity index (χ0) is 26.5. The smallest absolute Gasteiger partial charge is 0.233 e. The van der Waals surface area contributed by atoms with Crippen LogP contribution in [0.1, 0.15) is 24.4 Å². The van der Waals surface area contributed by atoms with Crippen molar-refractivity contribution in [1.29, 1.82) is 0 Å². The van der Waals surface area contributed by atoms with Gasteiger partial charge in [-0.3, -0.25) is 4.79 Å². The number of rotatable bonds is 7. The molecule has 3 aromatic rings. The number of hydrogen-bond acceptors (Lipinski definition) is 9. The van der Waals surface area contributed by atoms with Crippen LogP contribution in [-0.4, -0.2) is 80.9 Å². The molecule has 37 heavy (non-hydrogen) atoms. The number of halogens is 3. The Hall–Kier alpha value is -3.33. The fourth-order valence-corrected chi connectivity index (χ4v) is 4.70. The summed E-state index contributed by atoms with van der Waals surface area (Å²) >= 11 is 0. The molecule has 11 nitrogen and oxygen atoms in total. The number of hydrogen-bond donors (Lipinski definition) is 3. The number of aliphatic hydroxyl groups excluding tert-OH is 2. The average molecular weight is 523 g/mol. The minimum atomic E-state index is -1.65. The highest BCUT2D eigenvalue weighted by atomic mass is 19.2. The highest BCUT2D eigenvalue weighted by molar-refractivity contribution is 5.93. The van der Waals surface area contributed by atoms with Gasteiger partial charge in [0.2, 0.25) is 5.91 Å². The Bertz CT molecular complexity index is 1320. The first-order valence-electron chi connectivity index (χ1n) is 11.4. The molecular weight excluding hydrogens is 499 g/mol. The average Bonchev–Trinajstić information content (AvgIpc) is 3.56. The maximum absolute atomic E-state index is 14.3. The van der Waals surface area contributed by atoms with E-state index in [2.05, 4.69) is 20.8 Å². The number of carbonyl (C=O) groups is 1. The van der Waals surface area contributed by atoms with Crippen LogP contribution >= 0.6 is 0 Å². The van der Waals surface area contributed by atoms with Crippen molar-refractivity contribution < 1.29 is 42.2 Å². The topological polar surface area (TPSA) is 145 Å². The number of carbonyl (C=O) groups excluding carboxylic acids is 1. The molecule has 198 valence electrons. The first-order valence-corrected chi connectivity index (χ1v) is 11.4. The van der Waals surface area contributed by atoms with Crippen molar-refractivity contribution in [3.8, 4) is 11.3 Å². The van der Waals surface area contributed by atoms with E-state index < -0.39 is 59.9 Å². The molecule has 2 fully saturated rings. The third-order valence-electron chi connectivity index (χ3n) is 6.99. The van der Waals surface area contributed by atoms with Crippen molar-refractivity contribution >= 4 is 5.91 Å². The number of aliphatic hydroxyl groups is 2. The molecule has 2 aliphatic rings. The Morgan fingerprint density at radius 2 is 2.05 bits per heavy atom. The fourth-order valence-electron chi connectivity index (χ4n) is 4.70. The maximum atomic E-state index is 14.3. The predicted octanol–water partition coefficient (Wildman–Crippen LogP) is 0.657. The molecule has 0 spiro atoms. The lowest BCUT2D eigenvalue weighted by Gasteiger charge is -2.43. The Morgan fingerprint density at radius 3 is 2.70 bits per heavy atom. The molecule has 0 radical (unpaired) electrons. The molecule has 4 heterocycles. The Kier molecular flexibility index (Phi) is 6.52. The number of β-lactam (4-membered cyclic amide) rings is 1. The van der Waals surface area contributed by atoms with Gasteiger partial charge >= 0.3 is 0 Å². The predicted molar refractivity (Wildman–Crippen MR) is 117 cm³/mol. The minimum absolute atomic E-state index is 0.103. The van der Waals surface area contributed by atoms with Gasteiger partial charge in [-0.2, -0.15) is 0 Å². The molecular formula is C23H24F3N5O6. The van der Waals surface area contributed by atoms with Crippen LogP contribution in [0.15, 0.2) is 28.9 Å². The van der Waals surface area contributed by atoms with Gasteiger partial charge in [0.25, 0.3) is 0 Å². The van der Waals surface area contributed by atoms with Crippen LogP contribution in [0.5, 0.6) is 0 Å². The zero-order valence-electron chi connectivity index (χ0n) is 19.8. The van der Waals surface area contributed by atoms with E-state index in [1.165, 1.54) is 18.0 Å². The summed E-state index contributed by atoms with van der Waals surface area (Å²) < 4.78 is 59.6. The summed E-state index contributed by atoms with van der Waals surface area (Å²) in [6.45, 7) is 1.63. The second kappa shape index (κ2) is 9.52. The number of nitrogens with zero attached hydrogens (tertiary/aromatic N) is 4. The molecule has 14 heteroatoms. The monoisotopic (exact) mass is 523 g/mol. The molecule has 1 aromatic carbocycles. The van der Waals surface area contributed by atoms with Crippen molar-refractivity contribution in [3.05, 3.63) is 53.3 Å². The number of ether oxygens (including phenoxy) is 2. The second-order valence-electron chi connectivity index (χ2n) is 9.28. The van der Waals surface area contributed by atoms with Gasteiger partial charge in [0.05, 0.1) is 18.9 Å². The van der Waals surface area contributed by atoms with Gasteiger partial charge in [-0.1, -0.05) is 10.4 Å². The van der Waals surface area contributed by atoms with Crippen molar-refractivity contribution in [2.24, 2.45) is 0 Å². The van der Waals surface area contributed by atoms with E-state index in [9.17, 15) is 28.2 Å². The molecule has 1 amide bonds. The van der Waals surface area contributed by atoms with E-state index >= 15 is 0 Å². The molecule has 2 saturated heterocycles. The van der Waals surface area contributed by atoms with Gasteiger partial charge in [-0.25, -0.2) is 17.9 Å². The Morgan fingerprint density at radius 1 is 1.27 bits per heavy atom. The third kappa shape index (κ3) is 4.19. The van der Waals surface area contributed by atoms with E-state index in [-0.39, 0.29) is 23.6 Å². The minimum Gasteiger partial charge on any atom is -0.394 e. The van der Waals surface area contributed by atoms with Crippen LogP contribution in [0.3, 0.4) is 0 Å². The summed E-state index contributed by atoms with van der Waals surface area (Å²) in [7, 11) is 1.39. The molecule has 0 bridgehead atoms. The highest BCUT2D eigenvalue weighted by Crippen LogP contribution is 2.35. The van der Waals surface area contributed by atoms with E-state index in [0.29, 0.717) is 18.0 Å². The molecule has 1 unspecified atom stereocenters.